The van der Waals surface area contributed by atoms with Crippen LogP contribution in [-0.2, 0) is 20.7 Å². The van der Waals surface area contributed by atoms with Gasteiger partial charge in [-0.15, -0.1) is 0 Å². The van der Waals surface area contributed by atoms with Crippen molar-refractivity contribution >= 4 is 22.8 Å². The second kappa shape index (κ2) is 6.16. The van der Waals surface area contributed by atoms with Crippen LogP contribution in [0, 0.1) is 0 Å². The lowest BCUT2D eigenvalue weighted by atomic mass is 10.0. The molecular weight excluding hydrogens is 324 g/mol. The van der Waals surface area contributed by atoms with Crippen LogP contribution in [0.3, 0.4) is 0 Å². The molecule has 25 heavy (non-hydrogen) atoms. The average molecular weight is 344 g/mol. The Bertz CT molecular complexity index is 812. The van der Waals surface area contributed by atoms with Gasteiger partial charge in [-0.1, -0.05) is 18.2 Å². The Hall–Kier alpha value is -2.38. The van der Waals surface area contributed by atoms with E-state index in [2.05, 4.69) is 4.98 Å². The summed E-state index contributed by atoms with van der Waals surface area (Å²) < 4.78 is 11.4. The van der Waals surface area contributed by atoms with Crippen molar-refractivity contribution < 1.29 is 24.2 Å². The van der Waals surface area contributed by atoms with Crippen LogP contribution in [-0.4, -0.2) is 59.0 Å². The largest absolute Gasteiger partial charge is 0.477 e. The quantitative estimate of drug-likeness (QED) is 0.885. The van der Waals surface area contributed by atoms with Gasteiger partial charge in [-0.3, -0.25) is 4.79 Å². The van der Waals surface area contributed by atoms with Crippen molar-refractivity contribution in [2.75, 3.05) is 26.3 Å². The van der Waals surface area contributed by atoms with Crippen LogP contribution in [0.4, 0.5) is 0 Å². The summed E-state index contributed by atoms with van der Waals surface area (Å²) in [5.74, 6) is -1.64. The van der Waals surface area contributed by atoms with E-state index in [4.69, 9.17) is 9.47 Å². The maximum Gasteiger partial charge on any atom is 0.352 e. The molecule has 2 N–H and O–H groups in total. The first kappa shape index (κ1) is 16.1. The summed E-state index contributed by atoms with van der Waals surface area (Å²) in [4.78, 5) is 28.9. The molecule has 0 radical (unpaired) electrons. The molecular formula is C18H20N2O5. The van der Waals surface area contributed by atoms with E-state index in [0.29, 0.717) is 44.7 Å². The standard InChI is InChI=1S/C18H20N2O5/c21-15(20-7-5-18(6-8-20)24-9-10-25-18)11-13-12-3-1-2-4-14(12)19-16(13)17(22)23/h1-4,19H,5-11H2,(H,22,23). The summed E-state index contributed by atoms with van der Waals surface area (Å²) in [6, 6.07) is 7.33. The molecule has 1 amide bonds. The van der Waals surface area contributed by atoms with Gasteiger partial charge in [0.1, 0.15) is 5.69 Å². The minimum absolute atomic E-state index is 0.0694. The number of hydrogen-bond donors (Lipinski definition) is 2. The van der Waals surface area contributed by atoms with Crippen molar-refractivity contribution in [3.05, 3.63) is 35.5 Å². The van der Waals surface area contributed by atoms with E-state index < -0.39 is 11.8 Å². The van der Waals surface area contributed by atoms with E-state index in [1.54, 1.807) is 4.90 Å². The van der Waals surface area contributed by atoms with Crippen LogP contribution in [0.1, 0.15) is 28.9 Å². The number of aromatic carboxylic acids is 1. The molecule has 0 saturated carbocycles. The van der Waals surface area contributed by atoms with Gasteiger partial charge in [0.05, 0.1) is 19.6 Å². The highest BCUT2D eigenvalue weighted by molar-refractivity contribution is 6.00. The molecule has 132 valence electrons. The number of carboxylic acids is 1. The zero-order chi connectivity index (χ0) is 17.4. The van der Waals surface area contributed by atoms with E-state index in [1.165, 1.54) is 0 Å². The number of carbonyl (C=O) groups is 2. The summed E-state index contributed by atoms with van der Waals surface area (Å²) in [5, 5.41) is 10.2. The maximum absolute atomic E-state index is 12.7. The fourth-order valence-electron chi connectivity index (χ4n) is 3.71. The number of hydrogen-bond acceptors (Lipinski definition) is 4. The Labute approximate surface area is 144 Å². The average Bonchev–Trinajstić information content (AvgIpc) is 3.21. The monoisotopic (exact) mass is 344 g/mol. The first-order chi connectivity index (χ1) is 12.1. The van der Waals surface area contributed by atoms with E-state index >= 15 is 0 Å². The molecule has 7 heteroatoms. The second-order valence-electron chi connectivity index (χ2n) is 6.49. The summed E-state index contributed by atoms with van der Waals surface area (Å²) in [6.07, 6.45) is 1.37. The third-order valence-electron chi connectivity index (χ3n) is 5.05. The van der Waals surface area contributed by atoms with E-state index in [1.807, 2.05) is 24.3 Å². The Morgan fingerprint density at radius 3 is 2.52 bits per heavy atom. The van der Waals surface area contributed by atoms with Gasteiger partial charge in [0.15, 0.2) is 5.79 Å². The molecule has 0 aliphatic carbocycles. The maximum atomic E-state index is 12.7. The van der Waals surface area contributed by atoms with Gasteiger partial charge < -0.3 is 24.5 Å². The molecule has 7 nitrogen and oxygen atoms in total. The number of piperidine rings is 1. The van der Waals surface area contributed by atoms with Crippen molar-refractivity contribution in [3.8, 4) is 0 Å². The van der Waals surface area contributed by atoms with Crippen LogP contribution in [0.2, 0.25) is 0 Å². The van der Waals surface area contributed by atoms with Crippen LogP contribution in [0.5, 0.6) is 0 Å². The van der Waals surface area contributed by atoms with Crippen molar-refractivity contribution in [2.24, 2.45) is 0 Å². The summed E-state index contributed by atoms with van der Waals surface area (Å²) >= 11 is 0. The van der Waals surface area contributed by atoms with Crippen LogP contribution in [0.25, 0.3) is 10.9 Å². The molecule has 0 atom stereocenters. The van der Waals surface area contributed by atoms with Gasteiger partial charge in [0.25, 0.3) is 0 Å². The molecule has 1 aromatic heterocycles. The number of carbonyl (C=O) groups excluding carboxylic acids is 1. The number of nitrogens with zero attached hydrogens (tertiary/aromatic N) is 1. The SMILES string of the molecule is O=C(O)c1[nH]c2ccccc2c1CC(=O)N1CCC2(CC1)OCCO2. The number of fused-ring (bicyclic) bond motifs is 1. The van der Waals surface area contributed by atoms with Crippen molar-refractivity contribution in [1.82, 2.24) is 9.88 Å². The molecule has 4 rings (SSSR count). The number of carboxylic acid groups (broad SMARTS) is 1. The predicted molar refractivity (Wildman–Crippen MR) is 89.4 cm³/mol. The number of aromatic amines is 1. The first-order valence-electron chi connectivity index (χ1n) is 8.47. The minimum Gasteiger partial charge on any atom is -0.477 e. The third kappa shape index (κ3) is 2.89. The highest BCUT2D eigenvalue weighted by Gasteiger charge is 2.40. The molecule has 0 unspecified atom stereocenters. The van der Waals surface area contributed by atoms with E-state index in [0.717, 1.165) is 10.9 Å². The lowest BCUT2D eigenvalue weighted by molar-refractivity contribution is -0.187. The van der Waals surface area contributed by atoms with Gasteiger partial charge in [-0.2, -0.15) is 0 Å². The van der Waals surface area contributed by atoms with Crippen molar-refractivity contribution in [3.63, 3.8) is 0 Å². The molecule has 2 aromatic rings. The Balaban J connectivity index is 1.52. The Morgan fingerprint density at radius 1 is 1.16 bits per heavy atom. The molecule has 2 aliphatic heterocycles. The zero-order valence-corrected chi connectivity index (χ0v) is 13.8. The summed E-state index contributed by atoms with van der Waals surface area (Å²) in [6.45, 7) is 2.32. The van der Waals surface area contributed by atoms with Crippen LogP contribution >= 0.6 is 0 Å². The van der Waals surface area contributed by atoms with Crippen LogP contribution in [0.15, 0.2) is 24.3 Å². The smallest absolute Gasteiger partial charge is 0.352 e. The lowest BCUT2D eigenvalue weighted by Gasteiger charge is -2.37. The summed E-state index contributed by atoms with van der Waals surface area (Å²) in [5.41, 5.74) is 1.36. The van der Waals surface area contributed by atoms with Gasteiger partial charge >= 0.3 is 5.97 Å². The minimum atomic E-state index is -1.05. The van der Waals surface area contributed by atoms with E-state index in [-0.39, 0.29) is 18.0 Å². The predicted octanol–water partition coefficient (Wildman–Crippen LogP) is 1.77. The van der Waals surface area contributed by atoms with Gasteiger partial charge in [0.2, 0.25) is 5.91 Å². The molecule has 1 spiro atoms. The number of likely N-dealkylation sites (tertiary alicyclic amines) is 1. The number of amides is 1. The normalized spacial score (nSPS) is 19.6. The number of rotatable bonds is 3. The lowest BCUT2D eigenvalue weighted by Crippen LogP contribution is -2.47. The fourth-order valence-corrected chi connectivity index (χ4v) is 3.71. The number of para-hydroxylation sites is 1. The highest BCUT2D eigenvalue weighted by Crippen LogP contribution is 2.32. The third-order valence-corrected chi connectivity index (χ3v) is 5.05. The second-order valence-corrected chi connectivity index (χ2v) is 6.49. The Kier molecular flexibility index (Phi) is 3.97. The number of ether oxygens (including phenoxy) is 2. The van der Waals surface area contributed by atoms with Gasteiger partial charge in [-0.25, -0.2) is 4.79 Å². The molecule has 2 aliphatic rings. The summed E-state index contributed by atoms with van der Waals surface area (Å²) in [7, 11) is 0. The number of aromatic nitrogens is 1. The van der Waals surface area contributed by atoms with Gasteiger partial charge in [0, 0.05) is 42.4 Å². The van der Waals surface area contributed by atoms with Gasteiger partial charge in [-0.05, 0) is 6.07 Å². The molecule has 0 bridgehead atoms. The Morgan fingerprint density at radius 2 is 1.84 bits per heavy atom. The van der Waals surface area contributed by atoms with Crippen LogP contribution < -0.4 is 0 Å². The topological polar surface area (TPSA) is 91.9 Å². The van der Waals surface area contributed by atoms with Crippen molar-refractivity contribution in [1.29, 1.82) is 0 Å². The zero-order valence-electron chi connectivity index (χ0n) is 13.8. The number of nitrogens with one attached hydrogen (secondary N) is 1. The fraction of sp³-hybridized carbons (Fsp3) is 0.444. The first-order valence-corrected chi connectivity index (χ1v) is 8.47. The molecule has 2 fully saturated rings. The number of benzene rings is 1. The molecule has 2 saturated heterocycles. The molecule has 1 aromatic carbocycles. The molecule has 3 heterocycles. The number of H-pyrrole nitrogens is 1. The highest BCUT2D eigenvalue weighted by atomic mass is 16.7. The van der Waals surface area contributed by atoms with E-state index in [9.17, 15) is 14.7 Å². The van der Waals surface area contributed by atoms with Crippen molar-refractivity contribution in [2.45, 2.75) is 25.0 Å².